The quantitative estimate of drug-likeness (QED) is 0.775. The van der Waals surface area contributed by atoms with E-state index < -0.39 is 0 Å². The number of likely N-dealkylation sites (tertiary alicyclic amines) is 1. The number of piperidine rings is 1. The predicted octanol–water partition coefficient (Wildman–Crippen LogP) is 3.18. The molecule has 0 radical (unpaired) electrons. The Morgan fingerprint density at radius 3 is 2.58 bits per heavy atom. The summed E-state index contributed by atoms with van der Waals surface area (Å²) in [4.78, 5) is 3.07. The smallest absolute Gasteiger partial charge is 0.119 e. The van der Waals surface area contributed by atoms with Crippen LogP contribution in [0.5, 0.6) is 11.5 Å². The molecule has 1 aromatic carbocycles. The molecule has 1 aliphatic rings. The Labute approximate surface area is 124 Å². The molecule has 19 heavy (non-hydrogen) atoms. The number of rotatable bonds is 5. The summed E-state index contributed by atoms with van der Waals surface area (Å²) in [5, 5.41) is 0. The van der Waals surface area contributed by atoms with Crippen molar-refractivity contribution in [3.63, 3.8) is 0 Å². The first-order valence-corrected chi connectivity index (χ1v) is 7.74. The van der Waals surface area contributed by atoms with E-state index in [2.05, 4.69) is 27.8 Å². The zero-order valence-electron chi connectivity index (χ0n) is 11.6. The van der Waals surface area contributed by atoms with Gasteiger partial charge in [-0.05, 0) is 43.1 Å². The van der Waals surface area contributed by atoms with E-state index in [4.69, 9.17) is 9.47 Å². The number of benzene rings is 1. The lowest BCUT2D eigenvalue weighted by atomic mass is 9.99. The minimum atomic E-state index is 0.613. The summed E-state index contributed by atoms with van der Waals surface area (Å²) in [6, 6.07) is 7.74. The van der Waals surface area contributed by atoms with Crippen molar-refractivity contribution < 1.29 is 9.47 Å². The highest BCUT2D eigenvalue weighted by Crippen LogP contribution is 2.23. The van der Waals surface area contributed by atoms with Crippen LogP contribution >= 0.6 is 15.9 Å². The Hall–Kier alpha value is -0.740. The number of halogens is 1. The lowest BCUT2D eigenvalue weighted by molar-refractivity contribution is 0.166. The molecule has 3 nitrogen and oxygen atoms in total. The Bertz CT molecular complexity index is 382. The van der Waals surface area contributed by atoms with Gasteiger partial charge in [-0.25, -0.2) is 0 Å². The molecule has 2 rings (SSSR count). The number of methoxy groups -OCH3 is 1. The van der Waals surface area contributed by atoms with E-state index in [0.29, 0.717) is 4.83 Å². The molecule has 1 aromatic rings. The third-order valence-electron chi connectivity index (χ3n) is 3.69. The van der Waals surface area contributed by atoms with Crippen LogP contribution in [0.1, 0.15) is 13.3 Å². The summed E-state index contributed by atoms with van der Waals surface area (Å²) in [6.07, 6.45) is 1.26. The average molecular weight is 328 g/mol. The Kier molecular flexibility index (Phi) is 5.52. The van der Waals surface area contributed by atoms with Gasteiger partial charge in [0.05, 0.1) is 7.11 Å². The lowest BCUT2D eigenvalue weighted by Crippen LogP contribution is -2.41. The van der Waals surface area contributed by atoms with Crippen LogP contribution < -0.4 is 9.47 Å². The first kappa shape index (κ1) is 14.7. The van der Waals surface area contributed by atoms with E-state index in [0.717, 1.165) is 37.1 Å². The molecule has 4 heteroatoms. The van der Waals surface area contributed by atoms with Crippen LogP contribution in [-0.2, 0) is 0 Å². The zero-order valence-corrected chi connectivity index (χ0v) is 13.2. The van der Waals surface area contributed by atoms with Gasteiger partial charge in [0.15, 0.2) is 0 Å². The van der Waals surface area contributed by atoms with Crippen LogP contribution in [0.4, 0.5) is 0 Å². The number of hydrogen-bond acceptors (Lipinski definition) is 3. The molecule has 0 aromatic heterocycles. The third-order valence-corrected chi connectivity index (χ3v) is 4.88. The van der Waals surface area contributed by atoms with Crippen molar-refractivity contribution in [2.24, 2.45) is 5.92 Å². The molecule has 1 aliphatic heterocycles. The SMILES string of the molecule is COc1ccc(OCCN2CCC(C)C(Br)C2)cc1. The molecule has 2 unspecified atom stereocenters. The van der Waals surface area contributed by atoms with Crippen molar-refractivity contribution in [3.8, 4) is 11.5 Å². The van der Waals surface area contributed by atoms with Crippen LogP contribution in [0, 0.1) is 5.92 Å². The van der Waals surface area contributed by atoms with Gasteiger partial charge in [-0.1, -0.05) is 22.9 Å². The van der Waals surface area contributed by atoms with Gasteiger partial charge in [0.2, 0.25) is 0 Å². The molecule has 0 saturated carbocycles. The van der Waals surface area contributed by atoms with Crippen LogP contribution in [0.3, 0.4) is 0 Å². The van der Waals surface area contributed by atoms with Gasteiger partial charge in [0.1, 0.15) is 18.1 Å². The van der Waals surface area contributed by atoms with Gasteiger partial charge in [0, 0.05) is 17.9 Å². The lowest BCUT2D eigenvalue weighted by Gasteiger charge is -2.34. The van der Waals surface area contributed by atoms with E-state index in [1.807, 2.05) is 24.3 Å². The van der Waals surface area contributed by atoms with E-state index in [1.54, 1.807) is 7.11 Å². The van der Waals surface area contributed by atoms with Crippen molar-refractivity contribution >= 4 is 15.9 Å². The fraction of sp³-hybridized carbons (Fsp3) is 0.600. The highest BCUT2D eigenvalue weighted by Gasteiger charge is 2.23. The maximum absolute atomic E-state index is 5.76. The highest BCUT2D eigenvalue weighted by atomic mass is 79.9. The van der Waals surface area contributed by atoms with Gasteiger partial charge < -0.3 is 9.47 Å². The average Bonchev–Trinajstić information content (AvgIpc) is 2.43. The third kappa shape index (κ3) is 4.39. The number of alkyl halides is 1. The Morgan fingerprint density at radius 1 is 1.26 bits per heavy atom. The highest BCUT2D eigenvalue weighted by molar-refractivity contribution is 9.09. The first-order chi connectivity index (χ1) is 9.19. The zero-order chi connectivity index (χ0) is 13.7. The first-order valence-electron chi connectivity index (χ1n) is 6.82. The largest absolute Gasteiger partial charge is 0.497 e. The number of nitrogens with zero attached hydrogens (tertiary/aromatic N) is 1. The summed E-state index contributed by atoms with van der Waals surface area (Å²) < 4.78 is 10.9. The number of ether oxygens (including phenoxy) is 2. The molecule has 0 amide bonds. The number of hydrogen-bond donors (Lipinski definition) is 0. The second kappa shape index (κ2) is 7.15. The van der Waals surface area contributed by atoms with E-state index >= 15 is 0 Å². The van der Waals surface area contributed by atoms with Crippen LogP contribution in [-0.4, -0.2) is 43.1 Å². The summed E-state index contributed by atoms with van der Waals surface area (Å²) >= 11 is 3.75. The fourth-order valence-electron chi connectivity index (χ4n) is 2.25. The monoisotopic (exact) mass is 327 g/mol. The summed E-state index contributed by atoms with van der Waals surface area (Å²) in [5.74, 6) is 2.54. The topological polar surface area (TPSA) is 21.7 Å². The van der Waals surface area contributed by atoms with Crippen molar-refractivity contribution in [1.29, 1.82) is 0 Å². The van der Waals surface area contributed by atoms with Crippen LogP contribution in [0.15, 0.2) is 24.3 Å². The van der Waals surface area contributed by atoms with Gasteiger partial charge in [-0.2, -0.15) is 0 Å². The standard InChI is InChI=1S/C15H22BrNO2/c1-12-7-8-17(11-15(12)16)9-10-19-14-5-3-13(18-2)4-6-14/h3-6,12,15H,7-11H2,1-2H3. The second-order valence-corrected chi connectivity index (χ2v) is 6.28. The van der Waals surface area contributed by atoms with Gasteiger partial charge in [-0.3, -0.25) is 4.90 Å². The molecule has 1 heterocycles. The van der Waals surface area contributed by atoms with Gasteiger partial charge >= 0.3 is 0 Å². The van der Waals surface area contributed by atoms with E-state index in [9.17, 15) is 0 Å². The molecule has 106 valence electrons. The van der Waals surface area contributed by atoms with Crippen molar-refractivity contribution in [2.75, 3.05) is 33.4 Å². The second-order valence-electron chi connectivity index (χ2n) is 5.11. The maximum atomic E-state index is 5.76. The normalized spacial score (nSPS) is 24.2. The van der Waals surface area contributed by atoms with Crippen LogP contribution in [0.25, 0.3) is 0 Å². The molecular formula is C15H22BrNO2. The molecule has 1 fully saturated rings. The summed E-state index contributed by atoms with van der Waals surface area (Å²) in [6.45, 7) is 6.33. The Morgan fingerprint density at radius 2 is 1.95 bits per heavy atom. The van der Waals surface area contributed by atoms with Crippen molar-refractivity contribution in [2.45, 2.75) is 18.2 Å². The molecule has 2 atom stereocenters. The summed E-state index contributed by atoms with van der Waals surface area (Å²) in [5.41, 5.74) is 0. The molecular weight excluding hydrogens is 306 g/mol. The van der Waals surface area contributed by atoms with Gasteiger partial charge in [0.25, 0.3) is 0 Å². The predicted molar refractivity (Wildman–Crippen MR) is 81.4 cm³/mol. The maximum Gasteiger partial charge on any atom is 0.119 e. The van der Waals surface area contributed by atoms with Gasteiger partial charge in [-0.15, -0.1) is 0 Å². The minimum absolute atomic E-state index is 0.613. The fourth-order valence-corrected chi connectivity index (χ4v) is 2.93. The molecule has 0 aliphatic carbocycles. The molecule has 0 N–H and O–H groups in total. The van der Waals surface area contributed by atoms with E-state index in [1.165, 1.54) is 13.0 Å². The minimum Gasteiger partial charge on any atom is -0.497 e. The van der Waals surface area contributed by atoms with E-state index in [-0.39, 0.29) is 0 Å². The van der Waals surface area contributed by atoms with Crippen molar-refractivity contribution in [3.05, 3.63) is 24.3 Å². The summed E-state index contributed by atoms with van der Waals surface area (Å²) in [7, 11) is 1.67. The van der Waals surface area contributed by atoms with Crippen molar-refractivity contribution in [1.82, 2.24) is 4.90 Å². The molecule has 0 spiro atoms. The van der Waals surface area contributed by atoms with Crippen LogP contribution in [0.2, 0.25) is 0 Å². The molecule has 1 saturated heterocycles. The Balaban J connectivity index is 1.71. The molecule has 0 bridgehead atoms.